The van der Waals surface area contributed by atoms with Crippen LogP contribution in [0.5, 0.6) is 5.75 Å². The number of halogens is 1. The molecule has 7 heteroatoms. The number of hydrogen-bond acceptors (Lipinski definition) is 4. The van der Waals surface area contributed by atoms with Gasteiger partial charge in [-0.3, -0.25) is 9.59 Å². The number of methoxy groups -OCH3 is 1. The van der Waals surface area contributed by atoms with Crippen molar-refractivity contribution in [3.63, 3.8) is 0 Å². The van der Waals surface area contributed by atoms with Crippen LogP contribution in [-0.2, 0) is 4.79 Å². The van der Waals surface area contributed by atoms with Crippen LogP contribution >= 0.6 is 12.4 Å². The first kappa shape index (κ1) is 19.6. The molecule has 0 heterocycles. The predicted molar refractivity (Wildman–Crippen MR) is 105 cm³/mol. The molecule has 6 nitrogen and oxygen atoms in total. The van der Waals surface area contributed by atoms with Crippen LogP contribution in [0.15, 0.2) is 42.5 Å². The second-order valence-electron chi connectivity index (χ2n) is 6.10. The number of para-hydroxylation sites is 1. The lowest BCUT2D eigenvalue weighted by atomic mass is 10.1. The number of amides is 2. The number of nitrogen functional groups attached to an aromatic ring is 1. The summed E-state index contributed by atoms with van der Waals surface area (Å²) in [5, 5.41) is 2.82. The van der Waals surface area contributed by atoms with Crippen molar-refractivity contribution in [1.82, 2.24) is 0 Å². The largest absolute Gasteiger partial charge is 0.495 e. The van der Waals surface area contributed by atoms with Crippen LogP contribution in [0.3, 0.4) is 0 Å². The number of nitrogens with one attached hydrogen (secondary N) is 1. The van der Waals surface area contributed by atoms with E-state index in [0.29, 0.717) is 28.4 Å². The molecule has 3 rings (SSSR count). The van der Waals surface area contributed by atoms with Crippen molar-refractivity contribution in [2.75, 3.05) is 30.1 Å². The van der Waals surface area contributed by atoms with Crippen molar-refractivity contribution < 1.29 is 14.3 Å². The highest BCUT2D eigenvalue weighted by Gasteiger charge is 2.33. The fraction of sp³-hybridized carbons (Fsp3) is 0.263. The molecule has 26 heavy (non-hydrogen) atoms. The van der Waals surface area contributed by atoms with Crippen molar-refractivity contribution in [3.05, 3.63) is 48.0 Å². The standard InChI is InChI=1S/C19H21N3O3.ClH/c1-22(19(24)12-7-8-12)16-6-4-3-5-14(16)18(23)21-13-9-10-17(25-2)15(20)11-13;/h3-6,9-12H,7-8,20H2,1-2H3,(H,21,23);1H. The van der Waals surface area contributed by atoms with E-state index in [1.54, 1.807) is 48.3 Å². The first-order valence-corrected chi connectivity index (χ1v) is 8.12. The van der Waals surface area contributed by atoms with Crippen molar-refractivity contribution in [1.29, 1.82) is 0 Å². The maximum absolute atomic E-state index is 12.7. The zero-order chi connectivity index (χ0) is 18.0. The Morgan fingerprint density at radius 2 is 1.88 bits per heavy atom. The molecule has 1 saturated carbocycles. The number of hydrogen-bond donors (Lipinski definition) is 2. The van der Waals surface area contributed by atoms with Gasteiger partial charge in [0.2, 0.25) is 5.91 Å². The Hall–Kier alpha value is -2.73. The molecule has 0 saturated heterocycles. The topological polar surface area (TPSA) is 84.7 Å². The Balaban J connectivity index is 0.00000243. The van der Waals surface area contributed by atoms with Gasteiger partial charge >= 0.3 is 0 Å². The van der Waals surface area contributed by atoms with Gasteiger partial charge < -0.3 is 20.7 Å². The Kier molecular flexibility index (Phi) is 6.10. The second-order valence-corrected chi connectivity index (χ2v) is 6.10. The number of carbonyl (C=O) groups excluding carboxylic acids is 2. The highest BCUT2D eigenvalue weighted by molar-refractivity contribution is 6.11. The second kappa shape index (κ2) is 8.10. The summed E-state index contributed by atoms with van der Waals surface area (Å²) in [7, 11) is 3.24. The molecule has 3 N–H and O–H groups in total. The number of ether oxygens (including phenoxy) is 1. The predicted octanol–water partition coefficient (Wildman–Crippen LogP) is 3.32. The summed E-state index contributed by atoms with van der Waals surface area (Å²) < 4.78 is 5.11. The Morgan fingerprint density at radius 1 is 1.19 bits per heavy atom. The van der Waals surface area contributed by atoms with Gasteiger partial charge in [0.15, 0.2) is 0 Å². The number of nitrogens with two attached hydrogens (primary N) is 1. The zero-order valence-corrected chi connectivity index (χ0v) is 15.5. The van der Waals surface area contributed by atoms with E-state index in [0.717, 1.165) is 12.8 Å². The highest BCUT2D eigenvalue weighted by Crippen LogP contribution is 2.33. The fourth-order valence-corrected chi connectivity index (χ4v) is 2.69. The van der Waals surface area contributed by atoms with Crippen LogP contribution in [0, 0.1) is 5.92 Å². The van der Waals surface area contributed by atoms with Crippen molar-refractivity contribution in [3.8, 4) is 5.75 Å². The van der Waals surface area contributed by atoms with Crippen LogP contribution in [0.2, 0.25) is 0 Å². The molecule has 0 aromatic heterocycles. The Morgan fingerprint density at radius 3 is 2.50 bits per heavy atom. The molecule has 2 amide bonds. The number of anilines is 3. The minimum atomic E-state index is -0.296. The molecular formula is C19H22ClN3O3. The molecule has 0 radical (unpaired) electrons. The minimum Gasteiger partial charge on any atom is -0.495 e. The molecule has 138 valence electrons. The summed E-state index contributed by atoms with van der Waals surface area (Å²) in [5.41, 5.74) is 7.91. The fourth-order valence-electron chi connectivity index (χ4n) is 2.69. The van der Waals surface area contributed by atoms with E-state index in [4.69, 9.17) is 10.5 Å². The van der Waals surface area contributed by atoms with Gasteiger partial charge in [-0.15, -0.1) is 12.4 Å². The van der Waals surface area contributed by atoms with Gasteiger partial charge in [0.1, 0.15) is 5.75 Å². The smallest absolute Gasteiger partial charge is 0.257 e. The zero-order valence-electron chi connectivity index (χ0n) is 14.7. The van der Waals surface area contributed by atoms with Crippen LogP contribution in [0.4, 0.5) is 17.1 Å². The van der Waals surface area contributed by atoms with E-state index in [2.05, 4.69) is 5.32 Å². The van der Waals surface area contributed by atoms with Crippen molar-refractivity contribution in [2.24, 2.45) is 5.92 Å². The van der Waals surface area contributed by atoms with Gasteiger partial charge in [-0.1, -0.05) is 12.1 Å². The lowest BCUT2D eigenvalue weighted by molar-refractivity contribution is -0.119. The van der Waals surface area contributed by atoms with E-state index in [1.807, 2.05) is 6.07 Å². The first-order valence-electron chi connectivity index (χ1n) is 8.12. The van der Waals surface area contributed by atoms with Crippen LogP contribution in [0.1, 0.15) is 23.2 Å². The molecule has 0 aliphatic heterocycles. The molecule has 0 unspecified atom stereocenters. The molecule has 1 aliphatic rings. The molecule has 2 aromatic rings. The summed E-state index contributed by atoms with van der Waals surface area (Å²) in [6.45, 7) is 0. The molecule has 0 bridgehead atoms. The third-order valence-electron chi connectivity index (χ3n) is 4.25. The summed E-state index contributed by atoms with van der Waals surface area (Å²) in [5.74, 6) is 0.389. The summed E-state index contributed by atoms with van der Waals surface area (Å²) in [6.07, 6.45) is 1.84. The van der Waals surface area contributed by atoms with Gasteiger partial charge in [0, 0.05) is 18.7 Å². The van der Waals surface area contributed by atoms with Gasteiger partial charge in [0.25, 0.3) is 5.91 Å². The molecule has 2 aromatic carbocycles. The van der Waals surface area contributed by atoms with E-state index in [1.165, 1.54) is 7.11 Å². The third kappa shape index (κ3) is 4.08. The maximum atomic E-state index is 12.7. The van der Waals surface area contributed by atoms with Gasteiger partial charge in [-0.05, 0) is 43.2 Å². The SMILES string of the molecule is COc1ccc(NC(=O)c2ccccc2N(C)C(=O)C2CC2)cc1N.Cl. The Labute approximate surface area is 158 Å². The number of nitrogens with zero attached hydrogens (tertiary/aromatic N) is 1. The first-order chi connectivity index (χ1) is 12.0. The van der Waals surface area contributed by atoms with Crippen LogP contribution in [-0.4, -0.2) is 26.0 Å². The van der Waals surface area contributed by atoms with E-state index >= 15 is 0 Å². The van der Waals surface area contributed by atoms with Gasteiger partial charge in [-0.25, -0.2) is 0 Å². The molecule has 1 aliphatic carbocycles. The van der Waals surface area contributed by atoms with Gasteiger partial charge in [0.05, 0.1) is 24.0 Å². The summed E-state index contributed by atoms with van der Waals surface area (Å²) in [6, 6.07) is 12.1. The van der Waals surface area contributed by atoms with Gasteiger partial charge in [-0.2, -0.15) is 0 Å². The summed E-state index contributed by atoms with van der Waals surface area (Å²) in [4.78, 5) is 26.6. The van der Waals surface area contributed by atoms with Crippen LogP contribution in [0.25, 0.3) is 0 Å². The lowest BCUT2D eigenvalue weighted by Gasteiger charge is -2.20. The average molecular weight is 376 g/mol. The number of rotatable bonds is 5. The van der Waals surface area contributed by atoms with Crippen LogP contribution < -0.4 is 20.7 Å². The molecule has 1 fully saturated rings. The summed E-state index contributed by atoms with van der Waals surface area (Å²) >= 11 is 0. The number of carbonyl (C=O) groups is 2. The molecule has 0 spiro atoms. The molecule has 0 atom stereocenters. The van der Waals surface area contributed by atoms with E-state index in [-0.39, 0.29) is 30.1 Å². The van der Waals surface area contributed by atoms with Crippen molar-refractivity contribution >= 4 is 41.3 Å². The average Bonchev–Trinajstić information content (AvgIpc) is 3.45. The minimum absolute atomic E-state index is 0. The lowest BCUT2D eigenvalue weighted by Crippen LogP contribution is -2.29. The normalized spacial score (nSPS) is 12.7. The highest BCUT2D eigenvalue weighted by atomic mass is 35.5. The Bertz CT molecular complexity index is 821. The quantitative estimate of drug-likeness (QED) is 0.785. The monoisotopic (exact) mass is 375 g/mol. The molecular weight excluding hydrogens is 354 g/mol. The van der Waals surface area contributed by atoms with E-state index in [9.17, 15) is 9.59 Å². The van der Waals surface area contributed by atoms with Crippen molar-refractivity contribution in [2.45, 2.75) is 12.8 Å². The van der Waals surface area contributed by atoms with E-state index < -0.39 is 0 Å². The maximum Gasteiger partial charge on any atom is 0.257 e. The number of benzene rings is 2. The third-order valence-corrected chi connectivity index (χ3v) is 4.25.